The lowest BCUT2D eigenvalue weighted by Gasteiger charge is -2.19. The van der Waals surface area contributed by atoms with Gasteiger partial charge in [-0.15, -0.1) is 0 Å². The fraction of sp³-hybridized carbons (Fsp3) is 0.444. The van der Waals surface area contributed by atoms with Crippen molar-refractivity contribution in [3.8, 4) is 5.75 Å². The zero-order chi connectivity index (χ0) is 17.8. The Hall–Kier alpha value is -2.41. The van der Waals surface area contributed by atoms with Crippen LogP contribution in [-0.2, 0) is 12.8 Å². The predicted octanol–water partition coefficient (Wildman–Crippen LogP) is 2.46. The average Bonchev–Trinajstić information content (AvgIpc) is 2.82. The highest BCUT2D eigenvalue weighted by molar-refractivity contribution is 5.52. The first-order chi connectivity index (χ1) is 12.1. The highest BCUT2D eigenvalue weighted by Gasteiger charge is 2.18. The number of rotatable bonds is 5. The third-order valence-corrected chi connectivity index (χ3v) is 4.31. The number of nitrogens with zero attached hydrogens (tertiary/aromatic N) is 2. The maximum Gasteiger partial charge on any atom is 0.222 e. The number of benzene rings is 1. The molecule has 2 aromatic rings. The summed E-state index contributed by atoms with van der Waals surface area (Å²) in [5, 5.41) is 6.72. The van der Waals surface area contributed by atoms with Gasteiger partial charge in [-0.2, -0.15) is 4.98 Å². The number of hydrogen-bond acceptors (Lipinski definition) is 6. The Morgan fingerprint density at radius 1 is 1.32 bits per heavy atom. The molecule has 0 unspecified atom stereocenters. The molecule has 1 aliphatic heterocycles. The second kappa shape index (κ2) is 7.65. The SMILES string of the molecule is CCOc1ccc([C@@H](C)Nc2nc(N)nc3c2CCNCC3)cc1F. The summed E-state index contributed by atoms with van der Waals surface area (Å²) in [6.45, 7) is 5.99. The molecule has 0 bridgehead atoms. The second-order valence-corrected chi connectivity index (χ2v) is 6.09. The largest absolute Gasteiger partial charge is 0.491 e. The van der Waals surface area contributed by atoms with Gasteiger partial charge in [0, 0.05) is 18.5 Å². The summed E-state index contributed by atoms with van der Waals surface area (Å²) in [5.41, 5.74) is 8.74. The van der Waals surface area contributed by atoms with Crippen LogP contribution in [-0.4, -0.2) is 29.7 Å². The number of hydrogen-bond donors (Lipinski definition) is 3. The molecule has 0 radical (unpaired) electrons. The van der Waals surface area contributed by atoms with E-state index in [1.54, 1.807) is 6.07 Å². The molecular weight excluding hydrogens is 321 g/mol. The van der Waals surface area contributed by atoms with Gasteiger partial charge in [-0.05, 0) is 44.5 Å². The number of anilines is 2. The van der Waals surface area contributed by atoms with Crippen LogP contribution in [0.2, 0.25) is 0 Å². The van der Waals surface area contributed by atoms with E-state index in [4.69, 9.17) is 10.5 Å². The minimum atomic E-state index is -0.363. The third kappa shape index (κ3) is 3.99. The van der Waals surface area contributed by atoms with Crippen LogP contribution in [0.15, 0.2) is 18.2 Å². The van der Waals surface area contributed by atoms with E-state index in [0.717, 1.165) is 48.6 Å². The lowest BCUT2D eigenvalue weighted by atomic mass is 10.1. The van der Waals surface area contributed by atoms with E-state index >= 15 is 0 Å². The molecule has 1 aromatic carbocycles. The normalized spacial score (nSPS) is 15.2. The maximum absolute atomic E-state index is 14.1. The highest BCUT2D eigenvalue weighted by Crippen LogP contribution is 2.27. The summed E-state index contributed by atoms with van der Waals surface area (Å²) in [6, 6.07) is 4.88. The lowest BCUT2D eigenvalue weighted by molar-refractivity contribution is 0.321. The molecule has 1 atom stereocenters. The number of halogens is 1. The molecule has 2 heterocycles. The monoisotopic (exact) mass is 345 g/mol. The van der Waals surface area contributed by atoms with E-state index in [-0.39, 0.29) is 23.6 Å². The van der Waals surface area contributed by atoms with E-state index < -0.39 is 0 Å². The van der Waals surface area contributed by atoms with E-state index in [2.05, 4.69) is 20.6 Å². The summed E-state index contributed by atoms with van der Waals surface area (Å²) in [4.78, 5) is 8.74. The molecule has 0 fully saturated rings. The van der Waals surface area contributed by atoms with Gasteiger partial charge in [0.15, 0.2) is 11.6 Å². The standard InChI is InChI=1S/C18H24FN5O/c1-3-25-16-5-4-12(10-14(16)19)11(2)22-17-13-6-8-21-9-7-15(13)23-18(20)24-17/h4-5,10-11,21H,3,6-9H2,1-2H3,(H3,20,22,23,24)/t11-/m1/s1. The van der Waals surface area contributed by atoms with Crippen molar-refractivity contribution in [1.29, 1.82) is 0 Å². The fourth-order valence-electron chi connectivity index (χ4n) is 3.03. The molecule has 0 amide bonds. The van der Waals surface area contributed by atoms with Crippen LogP contribution in [0.4, 0.5) is 16.2 Å². The van der Waals surface area contributed by atoms with Gasteiger partial charge in [0.25, 0.3) is 0 Å². The molecule has 0 aliphatic carbocycles. The van der Waals surface area contributed by atoms with Gasteiger partial charge >= 0.3 is 0 Å². The Morgan fingerprint density at radius 2 is 2.12 bits per heavy atom. The van der Waals surface area contributed by atoms with Crippen molar-refractivity contribution < 1.29 is 9.13 Å². The summed E-state index contributed by atoms with van der Waals surface area (Å²) in [7, 11) is 0. The Labute approximate surface area is 147 Å². The zero-order valence-corrected chi connectivity index (χ0v) is 14.6. The zero-order valence-electron chi connectivity index (χ0n) is 14.6. The summed E-state index contributed by atoms with van der Waals surface area (Å²) in [6.07, 6.45) is 1.66. The van der Waals surface area contributed by atoms with E-state index in [9.17, 15) is 4.39 Å². The second-order valence-electron chi connectivity index (χ2n) is 6.09. The van der Waals surface area contributed by atoms with Gasteiger partial charge in [0.2, 0.25) is 5.95 Å². The number of aromatic nitrogens is 2. The van der Waals surface area contributed by atoms with E-state index in [0.29, 0.717) is 6.61 Å². The quantitative estimate of drug-likeness (QED) is 0.772. The first-order valence-electron chi connectivity index (χ1n) is 8.63. The average molecular weight is 345 g/mol. The highest BCUT2D eigenvalue weighted by atomic mass is 19.1. The number of nitrogen functional groups attached to an aromatic ring is 1. The molecule has 1 aliphatic rings. The van der Waals surface area contributed by atoms with Crippen molar-refractivity contribution in [3.63, 3.8) is 0 Å². The molecule has 7 heteroatoms. The van der Waals surface area contributed by atoms with Gasteiger partial charge in [-0.25, -0.2) is 9.37 Å². The van der Waals surface area contributed by atoms with Crippen molar-refractivity contribution in [2.45, 2.75) is 32.7 Å². The topological polar surface area (TPSA) is 85.1 Å². The number of nitrogens with one attached hydrogen (secondary N) is 2. The van der Waals surface area contributed by atoms with Crippen LogP contribution in [0.1, 0.15) is 36.7 Å². The Kier molecular flexibility index (Phi) is 5.33. The number of nitrogens with two attached hydrogens (primary N) is 1. The van der Waals surface area contributed by atoms with Crippen LogP contribution in [0.3, 0.4) is 0 Å². The Morgan fingerprint density at radius 3 is 2.88 bits per heavy atom. The predicted molar refractivity (Wildman–Crippen MR) is 96.3 cm³/mol. The Balaban J connectivity index is 1.84. The fourth-order valence-corrected chi connectivity index (χ4v) is 3.03. The van der Waals surface area contributed by atoms with Crippen LogP contribution in [0.5, 0.6) is 5.75 Å². The molecule has 1 aromatic heterocycles. The smallest absolute Gasteiger partial charge is 0.222 e. The van der Waals surface area contributed by atoms with Gasteiger partial charge < -0.3 is 21.1 Å². The van der Waals surface area contributed by atoms with Crippen LogP contribution in [0.25, 0.3) is 0 Å². The molecule has 0 saturated carbocycles. The van der Waals surface area contributed by atoms with Crippen molar-refractivity contribution in [2.24, 2.45) is 0 Å². The lowest BCUT2D eigenvalue weighted by Crippen LogP contribution is -2.16. The molecule has 3 rings (SSSR count). The van der Waals surface area contributed by atoms with Crippen molar-refractivity contribution >= 4 is 11.8 Å². The maximum atomic E-state index is 14.1. The molecule has 25 heavy (non-hydrogen) atoms. The molecule has 6 nitrogen and oxygen atoms in total. The minimum absolute atomic E-state index is 0.125. The van der Waals surface area contributed by atoms with Crippen LogP contribution < -0.4 is 21.1 Å². The van der Waals surface area contributed by atoms with E-state index in [1.165, 1.54) is 6.07 Å². The van der Waals surface area contributed by atoms with Crippen molar-refractivity contribution in [3.05, 3.63) is 40.8 Å². The molecule has 4 N–H and O–H groups in total. The van der Waals surface area contributed by atoms with Crippen molar-refractivity contribution in [1.82, 2.24) is 15.3 Å². The number of ether oxygens (including phenoxy) is 1. The van der Waals surface area contributed by atoms with Crippen LogP contribution >= 0.6 is 0 Å². The van der Waals surface area contributed by atoms with Crippen LogP contribution in [0, 0.1) is 5.82 Å². The van der Waals surface area contributed by atoms with E-state index in [1.807, 2.05) is 19.9 Å². The summed E-state index contributed by atoms with van der Waals surface area (Å²) < 4.78 is 19.4. The third-order valence-electron chi connectivity index (χ3n) is 4.31. The first-order valence-corrected chi connectivity index (χ1v) is 8.63. The molecule has 0 spiro atoms. The van der Waals surface area contributed by atoms with Crippen molar-refractivity contribution in [2.75, 3.05) is 30.7 Å². The Bertz CT molecular complexity index is 752. The van der Waals surface area contributed by atoms with Gasteiger partial charge in [-0.1, -0.05) is 6.07 Å². The van der Waals surface area contributed by atoms with Gasteiger partial charge in [-0.3, -0.25) is 0 Å². The summed E-state index contributed by atoms with van der Waals surface area (Å²) >= 11 is 0. The summed E-state index contributed by atoms with van der Waals surface area (Å²) in [5.74, 6) is 0.893. The van der Waals surface area contributed by atoms with Gasteiger partial charge in [0.1, 0.15) is 5.82 Å². The first kappa shape index (κ1) is 17.4. The number of fused-ring (bicyclic) bond motifs is 1. The molecular formula is C18H24FN5O. The molecule has 134 valence electrons. The van der Waals surface area contributed by atoms with Gasteiger partial charge in [0.05, 0.1) is 18.3 Å². The minimum Gasteiger partial charge on any atom is -0.491 e. The molecule has 0 saturated heterocycles.